The molecule has 1 aliphatic carbocycles. The van der Waals surface area contributed by atoms with Crippen LogP contribution in [0.1, 0.15) is 30.1 Å². The van der Waals surface area contributed by atoms with E-state index in [4.69, 9.17) is 14.2 Å². The van der Waals surface area contributed by atoms with Gasteiger partial charge < -0.3 is 14.6 Å². The van der Waals surface area contributed by atoms with Crippen LogP contribution in [0.4, 0.5) is 11.6 Å². The molecule has 5 aromatic heterocycles. The van der Waals surface area contributed by atoms with E-state index in [2.05, 4.69) is 35.6 Å². The Labute approximate surface area is 194 Å². The highest BCUT2D eigenvalue weighted by molar-refractivity contribution is 5.66. The van der Waals surface area contributed by atoms with Crippen molar-refractivity contribution in [2.75, 3.05) is 12.4 Å². The molecule has 0 spiro atoms. The first-order valence-corrected chi connectivity index (χ1v) is 10.9. The molecule has 0 aliphatic heterocycles. The van der Waals surface area contributed by atoms with Crippen LogP contribution in [0, 0.1) is 6.92 Å². The quantitative estimate of drug-likeness (QED) is 0.373. The number of methoxy groups -OCH3 is 1. The summed E-state index contributed by atoms with van der Waals surface area (Å²) < 4.78 is 12.8. The van der Waals surface area contributed by atoms with Gasteiger partial charge in [-0.05, 0) is 31.9 Å². The van der Waals surface area contributed by atoms with Gasteiger partial charge in [0, 0.05) is 54.1 Å². The summed E-state index contributed by atoms with van der Waals surface area (Å²) in [7, 11) is 1.54. The molecule has 34 heavy (non-hydrogen) atoms. The van der Waals surface area contributed by atoms with E-state index < -0.39 is 0 Å². The van der Waals surface area contributed by atoms with Crippen LogP contribution in [0.3, 0.4) is 0 Å². The van der Waals surface area contributed by atoms with E-state index in [0.717, 1.165) is 22.9 Å². The average Bonchev–Trinajstić information content (AvgIpc) is 3.23. The maximum Gasteiger partial charge on any atom is 0.242 e. The van der Waals surface area contributed by atoms with Crippen molar-refractivity contribution < 1.29 is 9.26 Å². The predicted molar refractivity (Wildman–Crippen MR) is 123 cm³/mol. The SMILES string of the molecule is COc1nccnc1-c1cc(-c2cccn2-c2nc(C)cc(Nc3cc(C4CC4)[nH]n3)n2)on1. The number of aryl methyl sites for hydroxylation is 1. The van der Waals surface area contributed by atoms with Gasteiger partial charge in [0.2, 0.25) is 11.8 Å². The Kier molecular flexibility index (Phi) is 4.79. The minimum absolute atomic E-state index is 0.374. The minimum atomic E-state index is 0.374. The number of anilines is 2. The van der Waals surface area contributed by atoms with Crippen LogP contribution < -0.4 is 10.1 Å². The van der Waals surface area contributed by atoms with Crippen molar-refractivity contribution >= 4 is 11.6 Å². The molecule has 0 atom stereocenters. The standard InChI is InChI=1S/C23H21N9O2/c1-13-10-19(27-20-12-15(29-30-20)14-5-6-14)28-23(26-13)32-9-3-4-17(32)18-11-16(31-34-18)21-22(33-2)25-8-7-24-21/h3-4,7-12,14H,5-6H2,1-2H3,(H2,26,27,28,29,30). The maximum absolute atomic E-state index is 5.63. The molecule has 0 amide bonds. The van der Waals surface area contributed by atoms with Crippen LogP contribution in [-0.4, -0.2) is 47.0 Å². The summed E-state index contributed by atoms with van der Waals surface area (Å²) >= 11 is 0. The monoisotopic (exact) mass is 455 g/mol. The number of nitrogens with one attached hydrogen (secondary N) is 2. The van der Waals surface area contributed by atoms with Crippen molar-refractivity contribution in [1.29, 1.82) is 0 Å². The highest BCUT2D eigenvalue weighted by atomic mass is 16.5. The van der Waals surface area contributed by atoms with E-state index in [9.17, 15) is 0 Å². The Balaban J connectivity index is 1.31. The average molecular weight is 455 g/mol. The van der Waals surface area contributed by atoms with E-state index in [1.54, 1.807) is 18.5 Å². The van der Waals surface area contributed by atoms with Crippen LogP contribution in [0.5, 0.6) is 5.88 Å². The zero-order valence-corrected chi connectivity index (χ0v) is 18.6. The zero-order valence-electron chi connectivity index (χ0n) is 18.6. The molecule has 0 bridgehead atoms. The van der Waals surface area contributed by atoms with Crippen LogP contribution in [0.15, 0.2) is 53.4 Å². The Hall–Kier alpha value is -4.54. The Bertz CT molecular complexity index is 1460. The molecule has 1 fully saturated rings. The molecule has 11 nitrogen and oxygen atoms in total. The first-order chi connectivity index (χ1) is 16.7. The summed E-state index contributed by atoms with van der Waals surface area (Å²) in [6.45, 7) is 1.92. The maximum atomic E-state index is 5.63. The molecule has 0 saturated heterocycles. The van der Waals surface area contributed by atoms with Crippen molar-refractivity contribution in [3.63, 3.8) is 0 Å². The molecule has 1 saturated carbocycles. The third-order valence-electron chi connectivity index (χ3n) is 5.54. The van der Waals surface area contributed by atoms with Gasteiger partial charge in [-0.1, -0.05) is 5.16 Å². The number of nitrogens with zero attached hydrogens (tertiary/aromatic N) is 7. The van der Waals surface area contributed by atoms with Crippen molar-refractivity contribution in [3.05, 3.63) is 60.3 Å². The summed E-state index contributed by atoms with van der Waals surface area (Å²) in [6, 6.07) is 9.51. The Morgan fingerprint density at radius 2 is 2.00 bits per heavy atom. The zero-order chi connectivity index (χ0) is 23.1. The van der Waals surface area contributed by atoms with E-state index in [1.165, 1.54) is 20.0 Å². The summed E-state index contributed by atoms with van der Waals surface area (Å²) in [5, 5.41) is 14.9. The van der Waals surface area contributed by atoms with Crippen LogP contribution in [0.2, 0.25) is 0 Å². The van der Waals surface area contributed by atoms with E-state index in [1.807, 2.05) is 42.0 Å². The summed E-state index contributed by atoms with van der Waals surface area (Å²) in [4.78, 5) is 17.8. The van der Waals surface area contributed by atoms with Gasteiger partial charge in [0.25, 0.3) is 0 Å². The van der Waals surface area contributed by atoms with Crippen molar-refractivity contribution in [3.8, 4) is 34.7 Å². The smallest absolute Gasteiger partial charge is 0.242 e. The van der Waals surface area contributed by atoms with Gasteiger partial charge in [0.15, 0.2) is 17.3 Å². The van der Waals surface area contributed by atoms with Gasteiger partial charge in [-0.3, -0.25) is 9.67 Å². The number of aromatic amines is 1. The molecule has 0 radical (unpaired) electrons. The lowest BCUT2D eigenvalue weighted by Gasteiger charge is -2.09. The molecular formula is C23H21N9O2. The third-order valence-corrected chi connectivity index (χ3v) is 5.54. The molecule has 5 aromatic rings. The fourth-order valence-electron chi connectivity index (χ4n) is 3.77. The second kappa shape index (κ2) is 8.10. The van der Waals surface area contributed by atoms with Crippen molar-refractivity contribution in [2.24, 2.45) is 0 Å². The largest absolute Gasteiger partial charge is 0.479 e. The summed E-state index contributed by atoms with van der Waals surface area (Å²) in [5.41, 5.74) is 3.73. The van der Waals surface area contributed by atoms with E-state index >= 15 is 0 Å². The first kappa shape index (κ1) is 20.1. The van der Waals surface area contributed by atoms with Gasteiger partial charge in [-0.2, -0.15) is 10.1 Å². The molecule has 11 heteroatoms. The lowest BCUT2D eigenvalue weighted by molar-refractivity contribution is 0.395. The molecule has 2 N–H and O–H groups in total. The number of hydrogen-bond donors (Lipinski definition) is 2. The lowest BCUT2D eigenvalue weighted by Crippen LogP contribution is -2.05. The third kappa shape index (κ3) is 3.76. The van der Waals surface area contributed by atoms with Gasteiger partial charge in [0.1, 0.15) is 11.5 Å². The molecular weight excluding hydrogens is 434 g/mol. The predicted octanol–water partition coefficient (Wildman–Crippen LogP) is 4.04. The summed E-state index contributed by atoms with van der Waals surface area (Å²) in [5.74, 6) is 3.39. The Morgan fingerprint density at radius 3 is 2.85 bits per heavy atom. The van der Waals surface area contributed by atoms with E-state index in [-0.39, 0.29) is 0 Å². The second-order valence-electron chi connectivity index (χ2n) is 8.06. The molecule has 0 unspecified atom stereocenters. The number of rotatable bonds is 7. The number of ether oxygens (including phenoxy) is 1. The minimum Gasteiger partial charge on any atom is -0.479 e. The second-order valence-corrected chi connectivity index (χ2v) is 8.06. The molecule has 1 aliphatic rings. The summed E-state index contributed by atoms with van der Waals surface area (Å²) in [6.07, 6.45) is 7.43. The molecule has 0 aromatic carbocycles. The van der Waals surface area contributed by atoms with Gasteiger partial charge >= 0.3 is 0 Å². The van der Waals surface area contributed by atoms with Crippen molar-refractivity contribution in [2.45, 2.75) is 25.7 Å². The highest BCUT2D eigenvalue weighted by Crippen LogP contribution is 2.39. The van der Waals surface area contributed by atoms with E-state index in [0.29, 0.717) is 40.7 Å². The van der Waals surface area contributed by atoms with Gasteiger partial charge in [-0.25, -0.2) is 15.0 Å². The molecule has 6 rings (SSSR count). The normalized spacial score (nSPS) is 13.2. The topological polar surface area (TPSA) is 132 Å². The Morgan fingerprint density at radius 1 is 1.12 bits per heavy atom. The number of H-pyrrole nitrogens is 1. The lowest BCUT2D eigenvalue weighted by atomic mass is 10.2. The molecule has 170 valence electrons. The van der Waals surface area contributed by atoms with Crippen LogP contribution >= 0.6 is 0 Å². The number of hydrogen-bond acceptors (Lipinski definition) is 9. The first-order valence-electron chi connectivity index (χ1n) is 10.9. The fraction of sp³-hybridized carbons (Fsp3) is 0.217. The van der Waals surface area contributed by atoms with Gasteiger partial charge in [-0.15, -0.1) is 0 Å². The molecule has 5 heterocycles. The van der Waals surface area contributed by atoms with Crippen LogP contribution in [-0.2, 0) is 0 Å². The highest BCUT2D eigenvalue weighted by Gasteiger charge is 2.25. The van der Waals surface area contributed by atoms with Crippen LogP contribution in [0.25, 0.3) is 28.8 Å². The fourth-order valence-corrected chi connectivity index (χ4v) is 3.77. The van der Waals surface area contributed by atoms with Gasteiger partial charge in [0.05, 0.1) is 12.8 Å². The number of aromatic nitrogens is 8. The van der Waals surface area contributed by atoms with Crippen molar-refractivity contribution in [1.82, 2.24) is 39.9 Å².